The van der Waals surface area contributed by atoms with E-state index in [1.54, 1.807) is 24.6 Å². The minimum Gasteiger partial charge on any atom is -0.452 e. The topological polar surface area (TPSA) is 76.6 Å². The van der Waals surface area contributed by atoms with Crippen LogP contribution in [0.15, 0.2) is 23.4 Å². The maximum absolute atomic E-state index is 11.9. The first-order chi connectivity index (χ1) is 9.63. The van der Waals surface area contributed by atoms with Gasteiger partial charge in [0.05, 0.1) is 5.56 Å². The molecule has 0 spiro atoms. The van der Waals surface area contributed by atoms with Crippen molar-refractivity contribution in [2.75, 3.05) is 19.4 Å². The number of ether oxygens (including phenoxy) is 1. The highest BCUT2D eigenvalue weighted by Gasteiger charge is 2.27. The van der Waals surface area contributed by atoms with Crippen LogP contribution >= 0.6 is 11.8 Å². The summed E-state index contributed by atoms with van der Waals surface area (Å²) in [5.41, 5.74) is 0.320. The lowest BCUT2D eigenvalue weighted by atomic mass is 10.3. The first-order valence-electron chi connectivity index (χ1n) is 6.13. The summed E-state index contributed by atoms with van der Waals surface area (Å²) in [5.74, 6) is -1.30. The van der Waals surface area contributed by atoms with E-state index < -0.39 is 18.5 Å². The van der Waals surface area contributed by atoms with Crippen molar-refractivity contribution in [1.29, 1.82) is 0 Å². The van der Waals surface area contributed by atoms with Gasteiger partial charge in [-0.15, -0.1) is 11.8 Å². The first kappa shape index (κ1) is 14.5. The number of likely N-dealkylation sites (tertiary alicyclic amines) is 1. The number of imide groups is 1. The van der Waals surface area contributed by atoms with Crippen LogP contribution in [0.2, 0.25) is 0 Å². The highest BCUT2D eigenvalue weighted by molar-refractivity contribution is 7.98. The molecule has 2 heterocycles. The fourth-order valence-corrected chi connectivity index (χ4v) is 2.44. The van der Waals surface area contributed by atoms with E-state index in [1.807, 2.05) is 0 Å². The predicted octanol–water partition coefficient (Wildman–Crippen LogP) is 1.11. The first-order valence-corrected chi connectivity index (χ1v) is 7.35. The Morgan fingerprint density at radius 1 is 1.50 bits per heavy atom. The van der Waals surface area contributed by atoms with Crippen molar-refractivity contribution in [2.45, 2.75) is 17.9 Å². The Kier molecular flexibility index (Phi) is 4.73. The molecule has 2 rings (SSSR count). The van der Waals surface area contributed by atoms with Gasteiger partial charge in [-0.2, -0.15) is 0 Å². The summed E-state index contributed by atoms with van der Waals surface area (Å²) in [6.45, 7) is -0.0224. The quantitative estimate of drug-likeness (QED) is 0.611. The van der Waals surface area contributed by atoms with Crippen LogP contribution < -0.4 is 0 Å². The summed E-state index contributed by atoms with van der Waals surface area (Å²) in [4.78, 5) is 40.2. The van der Waals surface area contributed by atoms with E-state index in [0.29, 0.717) is 30.0 Å². The van der Waals surface area contributed by atoms with Crippen molar-refractivity contribution in [3.63, 3.8) is 0 Å². The summed E-state index contributed by atoms with van der Waals surface area (Å²) in [6.07, 6.45) is 4.42. The fraction of sp³-hybridized carbons (Fsp3) is 0.385. The number of pyridine rings is 1. The second kappa shape index (κ2) is 6.51. The van der Waals surface area contributed by atoms with Crippen LogP contribution in [0.5, 0.6) is 0 Å². The molecule has 0 saturated carbocycles. The number of amides is 2. The van der Waals surface area contributed by atoms with E-state index >= 15 is 0 Å². The molecule has 6 nitrogen and oxygen atoms in total. The highest BCUT2D eigenvalue weighted by atomic mass is 32.2. The molecule has 1 aromatic heterocycles. The average molecular weight is 294 g/mol. The third-order valence-electron chi connectivity index (χ3n) is 2.89. The van der Waals surface area contributed by atoms with Crippen LogP contribution in [-0.2, 0) is 14.3 Å². The van der Waals surface area contributed by atoms with Gasteiger partial charge in [0.15, 0.2) is 6.61 Å². The number of rotatable bonds is 4. The van der Waals surface area contributed by atoms with E-state index in [1.165, 1.54) is 11.8 Å². The van der Waals surface area contributed by atoms with Crippen LogP contribution in [0.1, 0.15) is 23.2 Å². The normalized spacial score (nSPS) is 14.4. The average Bonchev–Trinajstić information content (AvgIpc) is 2.90. The van der Waals surface area contributed by atoms with Gasteiger partial charge in [-0.25, -0.2) is 9.78 Å². The minimum absolute atomic E-state index is 0.211. The number of aromatic nitrogens is 1. The Bertz CT molecular complexity index is 547. The summed E-state index contributed by atoms with van der Waals surface area (Å²) in [6, 6.07) is 3.22. The van der Waals surface area contributed by atoms with Gasteiger partial charge in [0, 0.05) is 19.2 Å². The maximum atomic E-state index is 11.9. The summed E-state index contributed by atoms with van der Waals surface area (Å²) in [5, 5.41) is 0.544. The van der Waals surface area contributed by atoms with Crippen molar-refractivity contribution in [3.05, 3.63) is 23.9 Å². The van der Waals surface area contributed by atoms with Gasteiger partial charge in [0.1, 0.15) is 5.03 Å². The Hall–Kier alpha value is -1.89. The fourth-order valence-electron chi connectivity index (χ4n) is 1.90. The lowest BCUT2D eigenvalue weighted by molar-refractivity contribution is -0.143. The molecule has 1 aliphatic heterocycles. The van der Waals surface area contributed by atoms with Gasteiger partial charge in [-0.1, -0.05) is 0 Å². The number of thioether (sulfide) groups is 1. The van der Waals surface area contributed by atoms with E-state index in [0.717, 1.165) is 4.90 Å². The van der Waals surface area contributed by atoms with Gasteiger partial charge < -0.3 is 4.74 Å². The summed E-state index contributed by atoms with van der Waals surface area (Å²) >= 11 is 1.32. The van der Waals surface area contributed by atoms with Crippen LogP contribution in [-0.4, -0.2) is 47.1 Å². The zero-order chi connectivity index (χ0) is 14.5. The van der Waals surface area contributed by atoms with Crippen LogP contribution in [0.3, 0.4) is 0 Å². The van der Waals surface area contributed by atoms with Crippen LogP contribution in [0.4, 0.5) is 0 Å². The highest BCUT2D eigenvalue weighted by Crippen LogP contribution is 2.17. The number of esters is 1. The second-order valence-electron chi connectivity index (χ2n) is 4.18. The minimum atomic E-state index is -0.609. The molecular formula is C13H14N2O4S. The number of carbonyl (C=O) groups is 3. The monoisotopic (exact) mass is 294 g/mol. The lowest BCUT2D eigenvalue weighted by Crippen LogP contribution is -2.35. The van der Waals surface area contributed by atoms with Crippen molar-refractivity contribution < 1.29 is 19.1 Å². The second-order valence-corrected chi connectivity index (χ2v) is 4.97. The molecule has 0 aromatic carbocycles. The molecular weight excluding hydrogens is 280 g/mol. The Labute approximate surface area is 120 Å². The molecule has 106 valence electrons. The van der Waals surface area contributed by atoms with Crippen molar-refractivity contribution in [1.82, 2.24) is 9.88 Å². The van der Waals surface area contributed by atoms with Crippen molar-refractivity contribution in [2.24, 2.45) is 0 Å². The zero-order valence-corrected chi connectivity index (χ0v) is 11.8. The van der Waals surface area contributed by atoms with Gasteiger partial charge >= 0.3 is 5.97 Å². The number of carbonyl (C=O) groups excluding carboxylic acids is 3. The lowest BCUT2D eigenvalue weighted by Gasteiger charge is -2.13. The Balaban J connectivity index is 1.95. The Morgan fingerprint density at radius 3 is 2.95 bits per heavy atom. The zero-order valence-electron chi connectivity index (χ0n) is 11.0. The SMILES string of the molecule is CSc1ncccc1C(=O)OCC(=O)N1CCCC1=O. The summed E-state index contributed by atoms with van der Waals surface area (Å²) < 4.78 is 4.96. The smallest absolute Gasteiger partial charge is 0.341 e. The molecule has 1 aromatic rings. The number of hydrogen-bond acceptors (Lipinski definition) is 6. The van der Waals surface area contributed by atoms with Crippen molar-refractivity contribution >= 4 is 29.5 Å². The molecule has 1 aliphatic rings. The molecule has 1 saturated heterocycles. The third-order valence-corrected chi connectivity index (χ3v) is 3.60. The van der Waals surface area contributed by atoms with Crippen molar-refractivity contribution in [3.8, 4) is 0 Å². The molecule has 0 N–H and O–H groups in total. The van der Waals surface area contributed by atoms with Gasteiger partial charge in [0.25, 0.3) is 5.91 Å². The molecule has 0 radical (unpaired) electrons. The van der Waals surface area contributed by atoms with Crippen LogP contribution in [0.25, 0.3) is 0 Å². The van der Waals surface area contributed by atoms with Crippen LogP contribution in [0, 0.1) is 0 Å². The predicted molar refractivity (Wildman–Crippen MR) is 72.3 cm³/mol. The van der Waals surface area contributed by atoms with E-state index in [9.17, 15) is 14.4 Å². The molecule has 2 amide bonds. The number of hydrogen-bond donors (Lipinski definition) is 0. The van der Waals surface area contributed by atoms with E-state index in [-0.39, 0.29) is 5.91 Å². The molecule has 20 heavy (non-hydrogen) atoms. The molecule has 0 bridgehead atoms. The molecule has 1 fully saturated rings. The van der Waals surface area contributed by atoms with Gasteiger partial charge in [-0.3, -0.25) is 14.5 Å². The molecule has 7 heteroatoms. The van der Waals surface area contributed by atoms with Gasteiger partial charge in [0.2, 0.25) is 5.91 Å². The Morgan fingerprint density at radius 2 is 2.30 bits per heavy atom. The summed E-state index contributed by atoms with van der Waals surface area (Å²) in [7, 11) is 0. The van der Waals surface area contributed by atoms with E-state index in [2.05, 4.69) is 4.98 Å². The third kappa shape index (κ3) is 3.16. The largest absolute Gasteiger partial charge is 0.452 e. The molecule has 0 atom stereocenters. The molecule has 0 unspecified atom stereocenters. The molecule has 0 aliphatic carbocycles. The standard InChI is InChI=1S/C13H14N2O4S/c1-20-12-9(4-2-6-14-12)13(18)19-8-11(17)15-7-3-5-10(15)16/h2,4,6H,3,5,7-8H2,1H3. The van der Waals surface area contributed by atoms with E-state index in [4.69, 9.17) is 4.74 Å². The maximum Gasteiger partial charge on any atom is 0.341 e. The van der Waals surface area contributed by atoms with Gasteiger partial charge in [-0.05, 0) is 24.8 Å². The number of nitrogens with zero attached hydrogens (tertiary/aromatic N) is 2.